The van der Waals surface area contributed by atoms with Crippen molar-refractivity contribution in [2.24, 2.45) is 0 Å². The van der Waals surface area contributed by atoms with E-state index in [2.05, 4.69) is 4.90 Å². The van der Waals surface area contributed by atoms with Gasteiger partial charge in [0.05, 0.1) is 29.8 Å². The van der Waals surface area contributed by atoms with Crippen LogP contribution in [0.15, 0.2) is 83.5 Å². The van der Waals surface area contributed by atoms with Gasteiger partial charge >= 0.3 is 0 Å². The van der Waals surface area contributed by atoms with E-state index in [-0.39, 0.29) is 5.91 Å². The number of furan rings is 1. The Balaban J connectivity index is 1.43. The monoisotopic (exact) mass is 426 g/mol. The molecule has 0 atom stereocenters. The number of nitrogens with zero attached hydrogens (tertiary/aromatic N) is 4. The fourth-order valence-electron chi connectivity index (χ4n) is 4.27. The number of piperazine rings is 1. The highest BCUT2D eigenvalue weighted by Gasteiger charge is 2.29. The number of para-hydroxylation sites is 1. The maximum absolute atomic E-state index is 13.7. The lowest BCUT2D eigenvalue weighted by Gasteiger charge is -2.34. The van der Waals surface area contributed by atoms with Gasteiger partial charge < -0.3 is 9.32 Å². The van der Waals surface area contributed by atoms with Gasteiger partial charge in [0.15, 0.2) is 0 Å². The third kappa shape index (κ3) is 3.97. The predicted octanol–water partition coefficient (Wildman–Crippen LogP) is 4.40. The van der Waals surface area contributed by atoms with Gasteiger partial charge in [0.2, 0.25) is 0 Å². The maximum atomic E-state index is 13.7. The van der Waals surface area contributed by atoms with Crippen LogP contribution >= 0.6 is 0 Å². The molecule has 0 unspecified atom stereocenters. The number of carbonyl (C=O) groups is 1. The van der Waals surface area contributed by atoms with Crippen molar-refractivity contribution in [1.82, 2.24) is 19.6 Å². The molecule has 0 N–H and O–H groups in total. The predicted molar refractivity (Wildman–Crippen MR) is 124 cm³/mol. The van der Waals surface area contributed by atoms with Crippen LogP contribution in [-0.4, -0.2) is 51.7 Å². The Morgan fingerprint density at radius 3 is 2.25 bits per heavy atom. The van der Waals surface area contributed by atoms with Crippen LogP contribution in [0.1, 0.15) is 21.8 Å². The zero-order valence-corrected chi connectivity index (χ0v) is 18.1. The van der Waals surface area contributed by atoms with Crippen LogP contribution in [0.25, 0.3) is 16.9 Å². The number of carbonyl (C=O) groups excluding carboxylic acids is 1. The lowest BCUT2D eigenvalue weighted by atomic mass is 10.0. The molecule has 1 amide bonds. The van der Waals surface area contributed by atoms with Gasteiger partial charge in [-0.3, -0.25) is 9.69 Å². The Bertz CT molecular complexity index is 1180. The van der Waals surface area contributed by atoms with Crippen molar-refractivity contribution in [1.29, 1.82) is 0 Å². The fraction of sp³-hybridized carbons (Fsp3) is 0.231. The molecule has 3 heterocycles. The SMILES string of the molecule is Cc1c(C(=O)N2CCN(Cc3ccco3)CC2)c(-c2ccccc2)nn1-c1ccccc1. The van der Waals surface area contributed by atoms with Crippen molar-refractivity contribution in [3.63, 3.8) is 0 Å². The molecule has 5 rings (SSSR count). The zero-order chi connectivity index (χ0) is 21.9. The molecule has 1 saturated heterocycles. The summed E-state index contributed by atoms with van der Waals surface area (Å²) in [7, 11) is 0. The van der Waals surface area contributed by atoms with E-state index in [0.717, 1.165) is 48.0 Å². The number of aromatic nitrogens is 2. The molecule has 2 aromatic carbocycles. The van der Waals surface area contributed by atoms with Crippen molar-refractivity contribution in [2.75, 3.05) is 26.2 Å². The third-order valence-corrected chi connectivity index (χ3v) is 6.00. The Morgan fingerprint density at radius 2 is 1.59 bits per heavy atom. The number of rotatable bonds is 5. The van der Waals surface area contributed by atoms with Crippen molar-refractivity contribution in [3.05, 3.63) is 96.1 Å². The summed E-state index contributed by atoms with van der Waals surface area (Å²) in [4.78, 5) is 18.0. The Hall–Kier alpha value is -3.64. The van der Waals surface area contributed by atoms with Crippen LogP contribution in [0.2, 0.25) is 0 Å². The summed E-state index contributed by atoms with van der Waals surface area (Å²) in [5, 5.41) is 4.88. The summed E-state index contributed by atoms with van der Waals surface area (Å²) in [5.74, 6) is 0.998. The lowest BCUT2D eigenvalue weighted by molar-refractivity contribution is 0.0620. The minimum absolute atomic E-state index is 0.0428. The minimum atomic E-state index is 0.0428. The van der Waals surface area contributed by atoms with Crippen molar-refractivity contribution in [2.45, 2.75) is 13.5 Å². The highest BCUT2D eigenvalue weighted by Crippen LogP contribution is 2.29. The van der Waals surface area contributed by atoms with Crippen LogP contribution in [0, 0.1) is 6.92 Å². The second-order valence-electron chi connectivity index (χ2n) is 8.07. The molecule has 0 spiro atoms. The van der Waals surface area contributed by atoms with Crippen LogP contribution in [-0.2, 0) is 6.54 Å². The Labute approximate surface area is 187 Å². The van der Waals surface area contributed by atoms with E-state index in [1.165, 1.54) is 0 Å². The molecule has 1 aliphatic rings. The second kappa shape index (κ2) is 8.85. The summed E-state index contributed by atoms with van der Waals surface area (Å²) in [6.07, 6.45) is 1.70. The van der Waals surface area contributed by atoms with Crippen LogP contribution < -0.4 is 0 Å². The maximum Gasteiger partial charge on any atom is 0.258 e. The molecule has 4 aromatic rings. The molecule has 2 aromatic heterocycles. The molecule has 32 heavy (non-hydrogen) atoms. The molecule has 6 nitrogen and oxygen atoms in total. The lowest BCUT2D eigenvalue weighted by Crippen LogP contribution is -2.48. The first-order valence-electron chi connectivity index (χ1n) is 10.9. The standard InChI is InChI=1S/C26H26N4O2/c1-20-24(26(31)29-16-14-28(15-17-29)19-23-13-8-18-32-23)25(21-9-4-2-5-10-21)27-30(20)22-11-6-3-7-12-22/h2-13,18H,14-17,19H2,1H3. The molecule has 0 radical (unpaired) electrons. The third-order valence-electron chi connectivity index (χ3n) is 6.00. The van der Waals surface area contributed by atoms with E-state index in [0.29, 0.717) is 18.7 Å². The smallest absolute Gasteiger partial charge is 0.258 e. The quantitative estimate of drug-likeness (QED) is 0.475. The van der Waals surface area contributed by atoms with Gasteiger partial charge in [-0.05, 0) is 31.2 Å². The highest BCUT2D eigenvalue weighted by molar-refractivity contribution is 6.01. The van der Waals surface area contributed by atoms with Gasteiger partial charge in [0.25, 0.3) is 5.91 Å². The molecular weight excluding hydrogens is 400 g/mol. The highest BCUT2D eigenvalue weighted by atomic mass is 16.3. The fourth-order valence-corrected chi connectivity index (χ4v) is 4.27. The van der Waals surface area contributed by atoms with Gasteiger partial charge in [0, 0.05) is 31.7 Å². The zero-order valence-electron chi connectivity index (χ0n) is 18.1. The van der Waals surface area contributed by atoms with E-state index < -0.39 is 0 Å². The summed E-state index contributed by atoms with van der Waals surface area (Å²) in [6, 6.07) is 23.8. The van der Waals surface area contributed by atoms with E-state index in [4.69, 9.17) is 9.52 Å². The summed E-state index contributed by atoms with van der Waals surface area (Å²) in [6.45, 7) is 5.76. The van der Waals surface area contributed by atoms with Gasteiger partial charge in [-0.1, -0.05) is 48.5 Å². The molecular formula is C26H26N4O2. The molecule has 1 aliphatic heterocycles. The Morgan fingerprint density at radius 1 is 0.906 bits per heavy atom. The van der Waals surface area contributed by atoms with Crippen molar-refractivity contribution in [3.8, 4) is 16.9 Å². The second-order valence-corrected chi connectivity index (χ2v) is 8.07. The first kappa shape index (κ1) is 20.3. The van der Waals surface area contributed by atoms with E-state index in [1.807, 2.05) is 89.3 Å². The van der Waals surface area contributed by atoms with E-state index in [1.54, 1.807) is 6.26 Å². The van der Waals surface area contributed by atoms with E-state index >= 15 is 0 Å². The summed E-state index contributed by atoms with van der Waals surface area (Å²) < 4.78 is 7.35. The van der Waals surface area contributed by atoms with Crippen molar-refractivity contribution < 1.29 is 9.21 Å². The number of amides is 1. The van der Waals surface area contributed by atoms with Gasteiger partial charge in [-0.25, -0.2) is 4.68 Å². The number of hydrogen-bond donors (Lipinski definition) is 0. The summed E-state index contributed by atoms with van der Waals surface area (Å²) >= 11 is 0. The number of hydrogen-bond acceptors (Lipinski definition) is 4. The molecule has 1 fully saturated rings. The minimum Gasteiger partial charge on any atom is -0.468 e. The van der Waals surface area contributed by atoms with Crippen LogP contribution in [0.5, 0.6) is 0 Å². The van der Waals surface area contributed by atoms with Gasteiger partial charge in [0.1, 0.15) is 11.5 Å². The average Bonchev–Trinajstić information content (AvgIpc) is 3.48. The number of benzene rings is 2. The first-order chi connectivity index (χ1) is 15.7. The van der Waals surface area contributed by atoms with Crippen molar-refractivity contribution >= 4 is 5.91 Å². The molecule has 162 valence electrons. The van der Waals surface area contributed by atoms with Crippen LogP contribution in [0.4, 0.5) is 0 Å². The van der Waals surface area contributed by atoms with Gasteiger partial charge in [-0.2, -0.15) is 5.10 Å². The molecule has 0 aliphatic carbocycles. The molecule has 6 heteroatoms. The topological polar surface area (TPSA) is 54.5 Å². The molecule has 0 saturated carbocycles. The molecule has 0 bridgehead atoms. The largest absolute Gasteiger partial charge is 0.468 e. The van der Waals surface area contributed by atoms with Gasteiger partial charge in [-0.15, -0.1) is 0 Å². The Kier molecular flexibility index (Phi) is 5.60. The normalized spacial score (nSPS) is 14.6. The summed E-state index contributed by atoms with van der Waals surface area (Å²) in [5.41, 5.74) is 4.17. The average molecular weight is 427 g/mol. The first-order valence-corrected chi connectivity index (χ1v) is 10.9. The van der Waals surface area contributed by atoms with Crippen LogP contribution in [0.3, 0.4) is 0 Å². The van der Waals surface area contributed by atoms with E-state index in [9.17, 15) is 4.79 Å².